The van der Waals surface area contributed by atoms with Gasteiger partial charge in [-0.25, -0.2) is 0 Å². The number of amides is 1. The van der Waals surface area contributed by atoms with E-state index in [-0.39, 0.29) is 11.9 Å². The Morgan fingerprint density at radius 3 is 2.60 bits per heavy atom. The molecule has 1 atom stereocenters. The van der Waals surface area contributed by atoms with Gasteiger partial charge in [-0.3, -0.25) is 9.78 Å². The molecular weight excluding hydrogens is 252 g/mol. The summed E-state index contributed by atoms with van der Waals surface area (Å²) in [5.41, 5.74) is 1.94. The number of hydrogen-bond acceptors (Lipinski definition) is 3. The molecule has 0 N–H and O–H groups in total. The highest BCUT2D eigenvalue weighted by Crippen LogP contribution is 2.18. The Morgan fingerprint density at radius 2 is 2.05 bits per heavy atom. The Hall–Kier alpha value is -2.10. The van der Waals surface area contributed by atoms with Gasteiger partial charge in [0, 0.05) is 30.5 Å². The van der Waals surface area contributed by atoms with Crippen LogP contribution in [0.3, 0.4) is 0 Å². The minimum absolute atomic E-state index is 0.0568. The van der Waals surface area contributed by atoms with Crippen molar-refractivity contribution in [2.45, 2.75) is 39.8 Å². The van der Waals surface area contributed by atoms with Crippen molar-refractivity contribution in [2.24, 2.45) is 0 Å². The highest BCUT2D eigenvalue weighted by atomic mass is 16.3. The lowest BCUT2D eigenvalue weighted by atomic mass is 10.1. The van der Waals surface area contributed by atoms with Crippen molar-refractivity contribution < 1.29 is 9.21 Å². The molecule has 0 fully saturated rings. The van der Waals surface area contributed by atoms with Crippen molar-refractivity contribution in [3.8, 4) is 0 Å². The maximum atomic E-state index is 12.6. The average Bonchev–Trinajstić information content (AvgIpc) is 2.90. The largest absolute Gasteiger partial charge is 0.459 e. The van der Waals surface area contributed by atoms with Crippen LogP contribution in [0.2, 0.25) is 0 Å². The first-order valence-corrected chi connectivity index (χ1v) is 6.87. The molecule has 2 aromatic heterocycles. The molecule has 0 saturated heterocycles. The molecule has 2 heterocycles. The fourth-order valence-electron chi connectivity index (χ4n) is 2.06. The second kappa shape index (κ2) is 6.37. The third-order valence-corrected chi connectivity index (χ3v) is 3.54. The van der Waals surface area contributed by atoms with Gasteiger partial charge in [0.15, 0.2) is 5.76 Å². The molecule has 0 aromatic carbocycles. The molecule has 0 spiro atoms. The number of aromatic nitrogens is 1. The lowest BCUT2D eigenvalue weighted by molar-refractivity contribution is 0.0637. The summed E-state index contributed by atoms with van der Waals surface area (Å²) in [7, 11) is 0. The summed E-state index contributed by atoms with van der Waals surface area (Å²) >= 11 is 0. The summed E-state index contributed by atoms with van der Waals surface area (Å²) in [4.78, 5) is 18.5. The van der Waals surface area contributed by atoms with E-state index < -0.39 is 0 Å². The number of carbonyl (C=O) groups is 1. The van der Waals surface area contributed by atoms with E-state index in [1.807, 2.05) is 30.0 Å². The van der Waals surface area contributed by atoms with Gasteiger partial charge in [-0.2, -0.15) is 0 Å². The minimum atomic E-state index is -0.0568. The number of aryl methyl sites for hydroxylation is 1. The maximum Gasteiger partial charge on any atom is 0.290 e. The molecule has 0 aliphatic rings. The van der Waals surface area contributed by atoms with E-state index in [0.717, 1.165) is 17.5 Å². The second-order valence-corrected chi connectivity index (χ2v) is 4.98. The van der Waals surface area contributed by atoms with Crippen molar-refractivity contribution in [1.29, 1.82) is 0 Å². The number of nitrogens with zero attached hydrogens (tertiary/aromatic N) is 2. The third-order valence-electron chi connectivity index (χ3n) is 3.54. The van der Waals surface area contributed by atoms with Crippen molar-refractivity contribution in [3.63, 3.8) is 0 Å². The Kier molecular flexibility index (Phi) is 4.56. The summed E-state index contributed by atoms with van der Waals surface area (Å²) < 4.78 is 5.34. The highest BCUT2D eigenvalue weighted by Gasteiger charge is 2.24. The Bertz CT molecular complexity index is 563. The first-order chi connectivity index (χ1) is 9.63. The predicted octanol–water partition coefficient (Wildman–Crippen LogP) is 3.42. The number of carbonyl (C=O) groups excluding carboxylic acids is 1. The van der Waals surface area contributed by atoms with Gasteiger partial charge in [-0.1, -0.05) is 6.92 Å². The number of furan rings is 1. The van der Waals surface area contributed by atoms with Gasteiger partial charge in [-0.05, 0) is 44.0 Å². The fraction of sp³-hybridized carbons (Fsp3) is 0.375. The first-order valence-electron chi connectivity index (χ1n) is 6.87. The first kappa shape index (κ1) is 14.3. The van der Waals surface area contributed by atoms with Crippen LogP contribution in [0.15, 0.2) is 41.3 Å². The van der Waals surface area contributed by atoms with Crippen molar-refractivity contribution in [3.05, 3.63) is 53.7 Å². The fourth-order valence-corrected chi connectivity index (χ4v) is 2.06. The molecule has 0 aliphatic heterocycles. The van der Waals surface area contributed by atoms with Crippen LogP contribution in [0.25, 0.3) is 0 Å². The standard InChI is InChI=1S/C16H20N2O2/c1-4-13(3)18(11-14-5-8-17-9-6-14)16(19)15-12(2)7-10-20-15/h5-10,13H,4,11H2,1-3H3/t13-/m0/s1. The predicted molar refractivity (Wildman–Crippen MR) is 77.3 cm³/mol. The van der Waals surface area contributed by atoms with Crippen LogP contribution in [0, 0.1) is 6.92 Å². The monoisotopic (exact) mass is 272 g/mol. The zero-order chi connectivity index (χ0) is 14.5. The molecule has 4 heteroatoms. The maximum absolute atomic E-state index is 12.6. The summed E-state index contributed by atoms with van der Waals surface area (Å²) in [6.07, 6.45) is 5.94. The minimum Gasteiger partial charge on any atom is -0.459 e. The smallest absolute Gasteiger partial charge is 0.290 e. The highest BCUT2D eigenvalue weighted by molar-refractivity contribution is 5.93. The number of rotatable bonds is 5. The molecule has 20 heavy (non-hydrogen) atoms. The second-order valence-electron chi connectivity index (χ2n) is 4.98. The van der Waals surface area contributed by atoms with Gasteiger partial charge >= 0.3 is 0 Å². The lowest BCUT2D eigenvalue weighted by Gasteiger charge is -2.28. The SMILES string of the molecule is CC[C@H](C)N(Cc1ccncc1)C(=O)c1occc1C. The molecule has 1 amide bonds. The van der Waals surface area contributed by atoms with Crippen LogP contribution >= 0.6 is 0 Å². The van der Waals surface area contributed by atoms with Crippen molar-refractivity contribution >= 4 is 5.91 Å². The quantitative estimate of drug-likeness (QED) is 0.837. The van der Waals surface area contributed by atoms with E-state index >= 15 is 0 Å². The van der Waals surface area contributed by atoms with E-state index in [2.05, 4.69) is 18.8 Å². The van der Waals surface area contributed by atoms with Crippen LogP contribution in [0.1, 0.15) is 41.9 Å². The van der Waals surface area contributed by atoms with Gasteiger partial charge in [-0.15, -0.1) is 0 Å². The van der Waals surface area contributed by atoms with Crippen LogP contribution in [0.4, 0.5) is 0 Å². The van der Waals surface area contributed by atoms with Gasteiger partial charge in [0.1, 0.15) is 0 Å². The molecule has 2 rings (SSSR count). The van der Waals surface area contributed by atoms with E-state index in [0.29, 0.717) is 12.3 Å². The summed E-state index contributed by atoms with van der Waals surface area (Å²) in [5, 5.41) is 0. The van der Waals surface area contributed by atoms with E-state index in [1.54, 1.807) is 18.7 Å². The molecule has 0 aliphatic carbocycles. The molecule has 4 nitrogen and oxygen atoms in total. The topological polar surface area (TPSA) is 46.3 Å². The summed E-state index contributed by atoms with van der Waals surface area (Å²) in [6.45, 7) is 6.58. The van der Waals surface area contributed by atoms with Gasteiger partial charge < -0.3 is 9.32 Å². The zero-order valence-corrected chi connectivity index (χ0v) is 12.2. The molecule has 106 valence electrons. The molecule has 0 saturated carbocycles. The van der Waals surface area contributed by atoms with Gasteiger partial charge in [0.25, 0.3) is 5.91 Å². The van der Waals surface area contributed by atoms with Crippen molar-refractivity contribution in [2.75, 3.05) is 0 Å². The summed E-state index contributed by atoms with van der Waals surface area (Å²) in [6, 6.07) is 5.82. The number of hydrogen-bond donors (Lipinski definition) is 0. The number of pyridine rings is 1. The lowest BCUT2D eigenvalue weighted by Crippen LogP contribution is -2.37. The van der Waals surface area contributed by atoms with Gasteiger partial charge in [0.05, 0.1) is 6.26 Å². The summed E-state index contributed by atoms with van der Waals surface area (Å²) in [5.74, 6) is 0.373. The van der Waals surface area contributed by atoms with Crippen molar-refractivity contribution in [1.82, 2.24) is 9.88 Å². The zero-order valence-electron chi connectivity index (χ0n) is 12.2. The molecule has 2 aromatic rings. The Morgan fingerprint density at radius 1 is 1.35 bits per heavy atom. The average molecular weight is 272 g/mol. The van der Waals surface area contributed by atoms with Crippen LogP contribution in [-0.4, -0.2) is 21.8 Å². The van der Waals surface area contributed by atoms with Crippen LogP contribution < -0.4 is 0 Å². The molecular formula is C16H20N2O2. The van der Waals surface area contributed by atoms with E-state index in [1.165, 1.54) is 0 Å². The third kappa shape index (κ3) is 3.07. The van der Waals surface area contributed by atoms with Gasteiger partial charge in [0.2, 0.25) is 0 Å². The molecule has 0 radical (unpaired) electrons. The normalized spacial score (nSPS) is 12.2. The molecule has 0 bridgehead atoms. The van der Waals surface area contributed by atoms with E-state index in [9.17, 15) is 4.79 Å². The van der Waals surface area contributed by atoms with E-state index in [4.69, 9.17) is 4.42 Å². The molecule has 0 unspecified atom stereocenters. The van der Waals surface area contributed by atoms with Crippen LogP contribution in [0.5, 0.6) is 0 Å². The Labute approximate surface area is 119 Å². The van der Waals surface area contributed by atoms with Crippen LogP contribution in [-0.2, 0) is 6.54 Å². The Balaban J connectivity index is 2.24.